The highest BCUT2D eigenvalue weighted by Gasteiger charge is 2.32. The lowest BCUT2D eigenvalue weighted by Crippen LogP contribution is -2.52. The number of aryl methyl sites for hydroxylation is 1. The summed E-state index contributed by atoms with van der Waals surface area (Å²) in [5, 5.41) is 4.58. The van der Waals surface area contributed by atoms with Crippen LogP contribution in [0.1, 0.15) is 26.8 Å². The number of benzene rings is 1. The Labute approximate surface area is 191 Å². The summed E-state index contributed by atoms with van der Waals surface area (Å²) in [7, 11) is 0. The Morgan fingerprint density at radius 3 is 2.77 bits per heavy atom. The maximum Gasteiger partial charge on any atom is 0.263 e. The van der Waals surface area contributed by atoms with Gasteiger partial charge in [0.15, 0.2) is 0 Å². The summed E-state index contributed by atoms with van der Waals surface area (Å²) >= 11 is 7.28. The number of nitrogens with zero attached hydrogens (tertiary/aromatic N) is 2. The van der Waals surface area contributed by atoms with Crippen LogP contribution in [-0.2, 0) is 16.1 Å². The first kappa shape index (κ1) is 22.5. The van der Waals surface area contributed by atoms with E-state index in [2.05, 4.69) is 15.2 Å². The molecule has 1 amide bonds. The number of thiazole rings is 1. The molecule has 1 aromatic carbocycles. The van der Waals surface area contributed by atoms with Crippen molar-refractivity contribution in [3.63, 3.8) is 0 Å². The van der Waals surface area contributed by atoms with Gasteiger partial charge in [-0.2, -0.15) is 0 Å². The SMILES string of the molecule is Cc1nc(COc2ccc(Cl)cc2)sc1C(=O)NCC(C1CCOC1)N1CCOCC1. The van der Waals surface area contributed by atoms with E-state index in [9.17, 15) is 4.79 Å². The maximum atomic E-state index is 12.9. The molecule has 168 valence electrons. The van der Waals surface area contributed by atoms with Gasteiger partial charge in [-0.05, 0) is 37.6 Å². The van der Waals surface area contributed by atoms with Gasteiger partial charge < -0.3 is 19.5 Å². The molecular formula is C22H28ClN3O4S. The number of ether oxygens (including phenoxy) is 3. The van der Waals surface area contributed by atoms with Crippen molar-refractivity contribution in [3.05, 3.63) is 44.9 Å². The monoisotopic (exact) mass is 465 g/mol. The van der Waals surface area contributed by atoms with Crippen molar-refractivity contribution in [2.45, 2.75) is 26.0 Å². The van der Waals surface area contributed by atoms with Gasteiger partial charge in [0.25, 0.3) is 5.91 Å². The molecule has 1 N–H and O–H groups in total. The summed E-state index contributed by atoms with van der Waals surface area (Å²) in [6, 6.07) is 7.45. The standard InChI is InChI=1S/C22H28ClN3O4S/c1-15-21(31-20(25-15)14-30-18-4-2-17(23)3-5-18)22(27)24-12-19(16-6-9-29-13-16)26-7-10-28-11-8-26/h2-5,16,19H,6-14H2,1H3,(H,24,27). The molecule has 2 aliphatic heterocycles. The highest BCUT2D eigenvalue weighted by molar-refractivity contribution is 7.13. The molecule has 2 saturated heterocycles. The van der Waals surface area contributed by atoms with Gasteiger partial charge in [-0.25, -0.2) is 4.98 Å². The normalized spacial score (nSPS) is 20.5. The molecule has 0 bridgehead atoms. The Balaban J connectivity index is 1.35. The fourth-order valence-electron chi connectivity index (χ4n) is 4.04. The van der Waals surface area contributed by atoms with Crippen molar-refractivity contribution in [3.8, 4) is 5.75 Å². The number of morpholine rings is 1. The van der Waals surface area contributed by atoms with Gasteiger partial charge in [-0.15, -0.1) is 11.3 Å². The van der Waals surface area contributed by atoms with Crippen LogP contribution in [0.25, 0.3) is 0 Å². The van der Waals surface area contributed by atoms with Crippen molar-refractivity contribution >= 4 is 28.8 Å². The largest absolute Gasteiger partial charge is 0.486 e. The second kappa shape index (κ2) is 10.7. The van der Waals surface area contributed by atoms with Crippen LogP contribution in [-0.4, -0.2) is 67.9 Å². The van der Waals surface area contributed by atoms with E-state index in [1.54, 1.807) is 12.1 Å². The molecule has 2 aliphatic rings. The second-order valence-electron chi connectivity index (χ2n) is 7.81. The van der Waals surface area contributed by atoms with Crippen molar-refractivity contribution in [1.82, 2.24) is 15.2 Å². The minimum atomic E-state index is -0.0788. The van der Waals surface area contributed by atoms with Crippen molar-refractivity contribution in [2.24, 2.45) is 5.92 Å². The van der Waals surface area contributed by atoms with Crippen molar-refractivity contribution in [1.29, 1.82) is 0 Å². The van der Waals surface area contributed by atoms with Gasteiger partial charge in [-0.1, -0.05) is 11.6 Å². The first-order valence-corrected chi connectivity index (χ1v) is 11.8. The zero-order chi connectivity index (χ0) is 21.6. The van der Waals surface area contributed by atoms with Crippen LogP contribution in [0, 0.1) is 12.8 Å². The Bertz CT molecular complexity index is 864. The van der Waals surface area contributed by atoms with E-state index in [0.29, 0.717) is 29.0 Å². The molecule has 1 aromatic heterocycles. The van der Waals surface area contributed by atoms with E-state index in [1.165, 1.54) is 11.3 Å². The van der Waals surface area contributed by atoms with Gasteiger partial charge in [0.05, 0.1) is 25.5 Å². The minimum absolute atomic E-state index is 0.0788. The molecule has 0 radical (unpaired) electrons. The van der Waals surface area contributed by atoms with Crippen molar-refractivity contribution < 1.29 is 19.0 Å². The van der Waals surface area contributed by atoms with Crippen LogP contribution in [0.3, 0.4) is 0 Å². The Hall–Kier alpha value is -1.71. The molecule has 3 heterocycles. The molecule has 2 fully saturated rings. The smallest absolute Gasteiger partial charge is 0.263 e. The zero-order valence-corrected chi connectivity index (χ0v) is 19.2. The maximum absolute atomic E-state index is 12.9. The molecule has 2 unspecified atom stereocenters. The van der Waals surface area contributed by atoms with Crippen LogP contribution in [0.2, 0.25) is 5.02 Å². The molecule has 0 spiro atoms. The Morgan fingerprint density at radius 2 is 2.06 bits per heavy atom. The van der Waals surface area contributed by atoms with Gasteiger partial charge in [0, 0.05) is 43.2 Å². The minimum Gasteiger partial charge on any atom is -0.486 e. The average molecular weight is 466 g/mol. The number of amides is 1. The highest BCUT2D eigenvalue weighted by atomic mass is 35.5. The second-order valence-corrected chi connectivity index (χ2v) is 9.33. The van der Waals surface area contributed by atoms with Crippen LogP contribution in [0.15, 0.2) is 24.3 Å². The number of halogens is 1. The molecule has 4 rings (SSSR count). The predicted octanol–water partition coefficient (Wildman–Crippen LogP) is 3.15. The quantitative estimate of drug-likeness (QED) is 0.645. The summed E-state index contributed by atoms with van der Waals surface area (Å²) in [4.78, 5) is 20.5. The summed E-state index contributed by atoms with van der Waals surface area (Å²) in [5.74, 6) is 1.07. The summed E-state index contributed by atoms with van der Waals surface area (Å²) in [6.07, 6.45) is 1.03. The molecule has 0 saturated carbocycles. The number of carbonyl (C=O) groups is 1. The van der Waals surface area contributed by atoms with E-state index in [-0.39, 0.29) is 11.9 Å². The fraction of sp³-hybridized carbons (Fsp3) is 0.545. The number of carbonyl (C=O) groups excluding carboxylic acids is 1. The van der Waals surface area contributed by atoms with Crippen LogP contribution < -0.4 is 10.1 Å². The lowest BCUT2D eigenvalue weighted by Gasteiger charge is -2.37. The first-order valence-electron chi connectivity index (χ1n) is 10.6. The zero-order valence-electron chi connectivity index (χ0n) is 17.6. The van der Waals surface area contributed by atoms with E-state index in [1.807, 2.05) is 19.1 Å². The van der Waals surface area contributed by atoms with Gasteiger partial charge in [0.1, 0.15) is 22.2 Å². The number of nitrogens with one attached hydrogen (secondary N) is 1. The number of aromatic nitrogens is 1. The molecule has 9 heteroatoms. The van der Waals surface area contributed by atoms with Gasteiger partial charge in [-0.3, -0.25) is 9.69 Å². The molecule has 31 heavy (non-hydrogen) atoms. The third-order valence-electron chi connectivity index (χ3n) is 5.72. The Morgan fingerprint density at radius 1 is 1.29 bits per heavy atom. The summed E-state index contributed by atoms with van der Waals surface area (Å²) < 4.78 is 16.9. The number of rotatable bonds is 8. The highest BCUT2D eigenvalue weighted by Crippen LogP contribution is 2.24. The molecule has 7 nitrogen and oxygen atoms in total. The summed E-state index contributed by atoms with van der Waals surface area (Å²) in [6.45, 7) is 7.59. The number of hydrogen-bond donors (Lipinski definition) is 1. The van der Waals surface area contributed by atoms with Gasteiger partial charge >= 0.3 is 0 Å². The topological polar surface area (TPSA) is 72.9 Å². The first-order chi connectivity index (χ1) is 15.1. The van der Waals surface area contributed by atoms with E-state index in [0.717, 1.165) is 62.4 Å². The van der Waals surface area contributed by atoms with Crippen LogP contribution in [0.5, 0.6) is 5.75 Å². The lowest BCUT2D eigenvalue weighted by atomic mass is 9.97. The molecular weight excluding hydrogens is 438 g/mol. The molecule has 2 aromatic rings. The number of hydrogen-bond acceptors (Lipinski definition) is 7. The van der Waals surface area contributed by atoms with Crippen molar-refractivity contribution in [2.75, 3.05) is 46.1 Å². The third-order valence-corrected chi connectivity index (χ3v) is 7.10. The Kier molecular flexibility index (Phi) is 7.79. The lowest BCUT2D eigenvalue weighted by molar-refractivity contribution is 0.00167. The predicted molar refractivity (Wildman–Crippen MR) is 120 cm³/mol. The third kappa shape index (κ3) is 5.96. The van der Waals surface area contributed by atoms with E-state index < -0.39 is 0 Å². The molecule has 0 aliphatic carbocycles. The molecule has 2 atom stereocenters. The van der Waals surface area contributed by atoms with E-state index >= 15 is 0 Å². The van der Waals surface area contributed by atoms with E-state index in [4.69, 9.17) is 25.8 Å². The fourth-order valence-corrected chi connectivity index (χ4v) is 5.06. The van der Waals surface area contributed by atoms with Gasteiger partial charge in [0.2, 0.25) is 0 Å². The summed E-state index contributed by atoms with van der Waals surface area (Å²) in [5.41, 5.74) is 0.726. The van der Waals surface area contributed by atoms with Crippen LogP contribution >= 0.6 is 22.9 Å². The van der Waals surface area contributed by atoms with Crippen LogP contribution in [0.4, 0.5) is 0 Å². The average Bonchev–Trinajstić information content (AvgIpc) is 3.44.